The van der Waals surface area contributed by atoms with Gasteiger partial charge in [-0.1, -0.05) is 29.5 Å². The Labute approximate surface area is 360 Å². The van der Waals surface area contributed by atoms with Gasteiger partial charge in [0.25, 0.3) is 5.91 Å². The lowest BCUT2D eigenvalue weighted by molar-refractivity contribution is -0.131. The Morgan fingerprint density at radius 2 is 1.56 bits per heavy atom. The number of ether oxygens (including phenoxy) is 1. The molecule has 0 spiro atoms. The van der Waals surface area contributed by atoms with E-state index in [2.05, 4.69) is 30.6 Å². The first-order valence-electron chi connectivity index (χ1n) is 20.7. The van der Waals surface area contributed by atoms with E-state index in [0.29, 0.717) is 76.0 Å². The van der Waals surface area contributed by atoms with Crippen LogP contribution < -0.4 is 4.74 Å². The second-order valence-electron chi connectivity index (χ2n) is 15.9. The van der Waals surface area contributed by atoms with Crippen molar-refractivity contribution < 1.29 is 27.9 Å². The van der Waals surface area contributed by atoms with Crippen LogP contribution in [0.5, 0.6) is 5.75 Å². The van der Waals surface area contributed by atoms with Gasteiger partial charge in [0.2, 0.25) is 11.8 Å². The number of carbonyl (C=O) groups excluding carboxylic acids is 3. The molecule has 0 radical (unpaired) electrons. The fraction of sp³-hybridized carbons (Fsp3) is 0.283. The van der Waals surface area contributed by atoms with E-state index in [1.165, 1.54) is 4.90 Å². The zero-order chi connectivity index (χ0) is 43.8. The summed E-state index contributed by atoms with van der Waals surface area (Å²) in [5.41, 5.74) is 4.66. The number of nitrogens with one attached hydrogen (secondary N) is 2. The smallest absolute Gasteiger partial charge is 0.269 e. The third-order valence-corrected chi connectivity index (χ3v) is 11.9. The standard InChI is InChI=1S/C46H45F2N11O4/c1-55(2)46(62)38-24-35-32(22-31(42(47)44(35)52-38)28-8-6-16-56(26-28)40(60)12-19-58-17-7-14-51-58)29-11-18-57(41(61)13-20-59-21-15-49-54-59)27-37(29)34-23-33(30-9-4-5-10-39(30)63-3)36-25-50-53-45(36)43(34)48/h4-5,7-10,14-15,17,21-25,52H,6,11-13,16,18-20,26-27H2,1-3H3,(H,50,53). The van der Waals surface area contributed by atoms with Gasteiger partial charge in [0.05, 0.1) is 31.6 Å². The van der Waals surface area contributed by atoms with E-state index in [0.717, 1.165) is 0 Å². The Kier molecular flexibility index (Phi) is 11.1. The normalized spacial score (nSPS) is 14.5. The van der Waals surface area contributed by atoms with E-state index in [9.17, 15) is 14.4 Å². The van der Waals surface area contributed by atoms with Gasteiger partial charge < -0.3 is 24.4 Å². The largest absolute Gasteiger partial charge is 0.496 e. The second kappa shape index (κ2) is 17.1. The number of rotatable bonds is 12. The van der Waals surface area contributed by atoms with Gasteiger partial charge in [0.1, 0.15) is 17.0 Å². The van der Waals surface area contributed by atoms with E-state index in [1.807, 2.05) is 30.3 Å². The first kappa shape index (κ1) is 40.9. The quantitative estimate of drug-likeness (QED) is 0.142. The first-order chi connectivity index (χ1) is 30.6. The Hall–Kier alpha value is -7.43. The number of carbonyl (C=O) groups is 3. The molecule has 17 heteroatoms. The molecule has 0 atom stereocenters. The fourth-order valence-electron chi connectivity index (χ4n) is 8.68. The molecular weight excluding hydrogens is 809 g/mol. The third kappa shape index (κ3) is 7.85. The number of aryl methyl sites for hydroxylation is 2. The monoisotopic (exact) mass is 853 g/mol. The fourth-order valence-corrected chi connectivity index (χ4v) is 8.68. The summed E-state index contributed by atoms with van der Waals surface area (Å²) in [6.45, 7) is 1.66. The molecule has 0 fully saturated rings. The number of fused-ring (bicyclic) bond motifs is 2. The molecule has 0 bridgehead atoms. The predicted octanol–water partition coefficient (Wildman–Crippen LogP) is 6.43. The van der Waals surface area contributed by atoms with Crippen LogP contribution in [-0.4, -0.2) is 120 Å². The van der Waals surface area contributed by atoms with Crippen LogP contribution in [0.4, 0.5) is 8.78 Å². The molecule has 0 saturated heterocycles. The van der Waals surface area contributed by atoms with Gasteiger partial charge in [0.15, 0.2) is 11.6 Å². The van der Waals surface area contributed by atoms with Crippen molar-refractivity contribution in [2.75, 3.05) is 47.4 Å². The van der Waals surface area contributed by atoms with Crippen molar-refractivity contribution in [2.45, 2.75) is 38.8 Å². The van der Waals surface area contributed by atoms with Crippen LogP contribution in [0.15, 0.2) is 85.6 Å². The lowest BCUT2D eigenvalue weighted by atomic mass is 9.84. The summed E-state index contributed by atoms with van der Waals surface area (Å²) in [7, 11) is 4.80. The molecule has 2 aliphatic rings. The summed E-state index contributed by atoms with van der Waals surface area (Å²) in [4.78, 5) is 48.9. The highest BCUT2D eigenvalue weighted by atomic mass is 19.1. The van der Waals surface area contributed by atoms with Crippen molar-refractivity contribution in [1.29, 1.82) is 0 Å². The summed E-state index contributed by atoms with van der Waals surface area (Å²) in [6, 6.07) is 14.4. The van der Waals surface area contributed by atoms with E-state index in [-0.39, 0.29) is 84.5 Å². The van der Waals surface area contributed by atoms with Gasteiger partial charge in [-0.15, -0.1) is 5.10 Å². The number of nitrogens with zero attached hydrogens (tertiary/aromatic N) is 9. The number of benzene rings is 3. The zero-order valence-electron chi connectivity index (χ0n) is 35.1. The van der Waals surface area contributed by atoms with Crippen molar-refractivity contribution in [2.24, 2.45) is 0 Å². The van der Waals surface area contributed by atoms with E-state index in [4.69, 9.17) is 4.74 Å². The van der Waals surface area contributed by atoms with Crippen molar-refractivity contribution >= 4 is 56.2 Å². The molecule has 3 amide bonds. The van der Waals surface area contributed by atoms with Crippen molar-refractivity contribution in [3.8, 4) is 16.9 Å². The summed E-state index contributed by atoms with van der Waals surface area (Å²) < 4.78 is 43.5. The topological polar surface area (TPSA) is 163 Å². The highest BCUT2D eigenvalue weighted by molar-refractivity contribution is 6.08. The Morgan fingerprint density at radius 3 is 2.30 bits per heavy atom. The Bertz CT molecular complexity index is 2930. The number of hydrogen-bond acceptors (Lipinski definition) is 8. The first-order valence-corrected chi connectivity index (χ1v) is 20.7. The number of hydrogen-bond donors (Lipinski definition) is 2. The van der Waals surface area contributed by atoms with E-state index < -0.39 is 11.6 Å². The van der Waals surface area contributed by atoms with Crippen molar-refractivity contribution in [3.05, 3.63) is 120 Å². The molecule has 2 N–H and O–H groups in total. The average molecular weight is 854 g/mol. The van der Waals surface area contributed by atoms with Gasteiger partial charge in [-0.05, 0) is 71.0 Å². The van der Waals surface area contributed by atoms with Gasteiger partial charge in [-0.3, -0.25) is 28.8 Å². The van der Waals surface area contributed by atoms with E-state index >= 15 is 8.78 Å². The molecule has 4 aromatic heterocycles. The average Bonchev–Trinajstić information content (AvgIpc) is 4.16. The molecule has 63 heavy (non-hydrogen) atoms. The highest BCUT2D eigenvalue weighted by Crippen LogP contribution is 2.44. The molecule has 0 unspecified atom stereocenters. The molecular formula is C46H45F2N11O4. The minimum absolute atomic E-state index is 0.0246. The molecule has 2 aliphatic heterocycles. The molecule has 6 heterocycles. The number of methoxy groups -OCH3 is 1. The minimum atomic E-state index is -0.574. The summed E-state index contributed by atoms with van der Waals surface area (Å²) in [5.74, 6) is -1.17. The molecule has 0 aliphatic carbocycles. The van der Waals surface area contributed by atoms with Gasteiger partial charge in [0, 0.05) is 106 Å². The van der Waals surface area contributed by atoms with Crippen LogP contribution >= 0.6 is 0 Å². The van der Waals surface area contributed by atoms with Crippen molar-refractivity contribution in [1.82, 2.24) is 54.7 Å². The van der Waals surface area contributed by atoms with Crippen molar-refractivity contribution in [3.63, 3.8) is 0 Å². The van der Waals surface area contributed by atoms with E-state index in [1.54, 1.807) is 95.6 Å². The summed E-state index contributed by atoms with van der Waals surface area (Å²) >= 11 is 0. The van der Waals surface area contributed by atoms with Gasteiger partial charge >= 0.3 is 0 Å². The van der Waals surface area contributed by atoms with Gasteiger partial charge in [-0.2, -0.15) is 10.2 Å². The number of halogens is 2. The maximum atomic E-state index is 17.3. The van der Waals surface area contributed by atoms with Crippen LogP contribution in [-0.2, 0) is 22.7 Å². The molecule has 3 aromatic carbocycles. The van der Waals surface area contributed by atoms with Crippen LogP contribution in [0.25, 0.3) is 49.7 Å². The summed E-state index contributed by atoms with van der Waals surface area (Å²) in [5, 5.41) is 20.1. The second-order valence-corrected chi connectivity index (χ2v) is 15.9. The summed E-state index contributed by atoms with van der Waals surface area (Å²) in [6.07, 6.45) is 11.3. The molecule has 7 aromatic rings. The zero-order valence-corrected chi connectivity index (χ0v) is 35.1. The van der Waals surface area contributed by atoms with Gasteiger partial charge in [-0.25, -0.2) is 8.78 Å². The minimum Gasteiger partial charge on any atom is -0.496 e. The highest BCUT2D eigenvalue weighted by Gasteiger charge is 2.32. The lowest BCUT2D eigenvalue weighted by Crippen LogP contribution is -2.37. The lowest BCUT2D eigenvalue weighted by Gasteiger charge is -2.33. The van der Waals surface area contributed by atoms with Crippen LogP contribution in [0, 0.1) is 11.6 Å². The Balaban J connectivity index is 1.22. The Morgan fingerprint density at radius 1 is 0.794 bits per heavy atom. The third-order valence-electron chi connectivity index (χ3n) is 11.9. The predicted molar refractivity (Wildman–Crippen MR) is 233 cm³/mol. The number of aromatic nitrogens is 8. The molecule has 15 nitrogen and oxygen atoms in total. The molecule has 322 valence electrons. The number of amides is 3. The molecule has 0 saturated carbocycles. The number of aromatic amines is 2. The maximum absolute atomic E-state index is 17.3. The maximum Gasteiger partial charge on any atom is 0.269 e. The number of para-hydroxylation sites is 1. The van der Waals surface area contributed by atoms with Crippen LogP contribution in [0.1, 0.15) is 52.9 Å². The molecule has 9 rings (SSSR count). The van der Waals surface area contributed by atoms with Crippen LogP contribution in [0.2, 0.25) is 0 Å². The number of H-pyrrole nitrogens is 2. The van der Waals surface area contributed by atoms with Crippen LogP contribution in [0.3, 0.4) is 0 Å². The SMILES string of the molecule is COc1ccccc1-c1cc(C2=C(c3cc(C4=CCCN(C(=O)CCn5cccn5)C4)c(F)c4[nH]c(C(=O)N(C)C)cc34)CCN(C(=O)CCn3ccnn3)C2)c(F)c2[nH]ncc12.